The van der Waals surface area contributed by atoms with E-state index >= 15 is 0 Å². The molecule has 3 heterocycles. The van der Waals surface area contributed by atoms with E-state index in [1.807, 2.05) is 30.3 Å². The number of anilines is 1. The van der Waals surface area contributed by atoms with Crippen LogP contribution in [0.15, 0.2) is 59.6 Å². The van der Waals surface area contributed by atoms with Crippen LogP contribution < -0.4 is 10.2 Å². The van der Waals surface area contributed by atoms with Gasteiger partial charge in [-0.3, -0.25) is 14.5 Å². The van der Waals surface area contributed by atoms with Gasteiger partial charge >= 0.3 is 0 Å². The molecule has 33 heavy (non-hydrogen) atoms. The molecule has 0 fully saturated rings. The number of nitrogens with one attached hydrogen (secondary N) is 1. The van der Waals surface area contributed by atoms with Crippen LogP contribution in [0, 0.1) is 5.82 Å². The van der Waals surface area contributed by atoms with Crippen LogP contribution in [0.25, 0.3) is 0 Å². The molecule has 6 nitrogen and oxygen atoms in total. The summed E-state index contributed by atoms with van der Waals surface area (Å²) < 4.78 is 18.8. The van der Waals surface area contributed by atoms with Gasteiger partial charge in [0.1, 0.15) is 10.8 Å². The molecule has 168 valence electrons. The average molecular weight is 464 g/mol. The van der Waals surface area contributed by atoms with Gasteiger partial charge in [-0.15, -0.1) is 11.3 Å². The molecule has 0 spiro atoms. The number of benzene rings is 2. The molecule has 0 radical (unpaired) electrons. The molecule has 0 bridgehead atoms. The van der Waals surface area contributed by atoms with Gasteiger partial charge in [0.2, 0.25) is 0 Å². The van der Waals surface area contributed by atoms with Gasteiger partial charge in [0.15, 0.2) is 0 Å². The second-order valence-electron chi connectivity index (χ2n) is 7.91. The molecular formula is C25H22FN3O3S. The first kappa shape index (κ1) is 21.5. The van der Waals surface area contributed by atoms with Crippen LogP contribution in [-0.2, 0) is 33.7 Å². The van der Waals surface area contributed by atoms with E-state index in [1.54, 1.807) is 28.4 Å². The first-order chi connectivity index (χ1) is 16.2. The Balaban J connectivity index is 1.64. The molecular weight excluding hydrogens is 441 g/mol. The number of carbonyl (C=O) groups is 2. The summed E-state index contributed by atoms with van der Waals surface area (Å²) >= 11 is 1.56. The maximum absolute atomic E-state index is 13.6. The summed E-state index contributed by atoms with van der Waals surface area (Å²) in [4.78, 5) is 32.2. The minimum absolute atomic E-state index is 0.253. The lowest BCUT2D eigenvalue weighted by atomic mass is 9.96. The highest BCUT2D eigenvalue weighted by atomic mass is 32.1. The van der Waals surface area contributed by atoms with Crippen LogP contribution in [0.1, 0.15) is 27.1 Å². The molecule has 8 heteroatoms. The summed E-state index contributed by atoms with van der Waals surface area (Å²) in [5.74, 6) is -0.742. The minimum Gasteiger partial charge on any atom is -0.432 e. The van der Waals surface area contributed by atoms with Gasteiger partial charge in [-0.25, -0.2) is 9.38 Å². The minimum atomic E-state index is -1.30. The van der Waals surface area contributed by atoms with Crippen molar-refractivity contribution < 1.29 is 18.7 Å². The van der Waals surface area contributed by atoms with E-state index in [1.165, 1.54) is 12.1 Å². The molecule has 1 N–H and O–H groups in total. The Morgan fingerprint density at radius 1 is 1.18 bits per heavy atom. The highest BCUT2D eigenvalue weighted by Gasteiger charge is 2.37. The van der Waals surface area contributed by atoms with Crippen LogP contribution in [0.3, 0.4) is 0 Å². The Kier molecular flexibility index (Phi) is 6.02. The number of halogens is 1. The number of ether oxygens (including phenoxy) is 1. The largest absolute Gasteiger partial charge is 0.432 e. The van der Waals surface area contributed by atoms with E-state index in [0.29, 0.717) is 24.2 Å². The molecule has 0 aliphatic carbocycles. The van der Waals surface area contributed by atoms with Gasteiger partial charge in [-0.2, -0.15) is 0 Å². The molecule has 1 amide bonds. The molecule has 2 aliphatic rings. The number of aliphatic imine (C=N–C) groups is 1. The van der Waals surface area contributed by atoms with Crippen molar-refractivity contribution in [3.8, 4) is 0 Å². The number of rotatable bonds is 6. The van der Waals surface area contributed by atoms with E-state index in [-0.39, 0.29) is 18.2 Å². The molecule has 0 saturated carbocycles. The van der Waals surface area contributed by atoms with Gasteiger partial charge in [-0.05, 0) is 54.8 Å². The van der Waals surface area contributed by atoms with Crippen molar-refractivity contribution in [1.29, 1.82) is 0 Å². The molecule has 1 aromatic heterocycles. The van der Waals surface area contributed by atoms with Crippen molar-refractivity contribution in [2.24, 2.45) is 4.99 Å². The van der Waals surface area contributed by atoms with Crippen LogP contribution in [-0.4, -0.2) is 37.4 Å². The van der Waals surface area contributed by atoms with Gasteiger partial charge in [0.25, 0.3) is 18.6 Å². The molecule has 5 rings (SSSR count). The second kappa shape index (κ2) is 9.25. The lowest BCUT2D eigenvalue weighted by molar-refractivity contribution is -0.142. The molecule has 2 aliphatic heterocycles. The zero-order valence-electron chi connectivity index (χ0n) is 17.8. The molecule has 1 unspecified atom stereocenters. The fourth-order valence-corrected chi connectivity index (χ4v) is 5.64. The van der Waals surface area contributed by atoms with Crippen molar-refractivity contribution in [2.45, 2.75) is 25.6 Å². The number of nitrogens with zero attached hydrogens (tertiary/aromatic N) is 2. The standard InChI is InChI=1S/C25H22FN3O3S/c26-18-8-6-17(7-9-18)22-21-19-10-12-27-14-20(19)33-25(21)29(24(31)23(28-22)32-15-30)13-11-16-4-2-1-3-5-16/h1-9,15,23,27H,10-14H2. The van der Waals surface area contributed by atoms with Crippen LogP contribution in [0.4, 0.5) is 9.39 Å². The summed E-state index contributed by atoms with van der Waals surface area (Å²) in [6.07, 6.45) is 0.142. The summed E-state index contributed by atoms with van der Waals surface area (Å²) in [5.41, 5.74) is 4.34. The predicted molar refractivity (Wildman–Crippen MR) is 125 cm³/mol. The Labute approximate surface area is 194 Å². The molecule has 1 atom stereocenters. The van der Waals surface area contributed by atoms with Gasteiger partial charge < -0.3 is 10.1 Å². The van der Waals surface area contributed by atoms with Crippen LogP contribution in [0.2, 0.25) is 0 Å². The lowest BCUT2D eigenvalue weighted by Crippen LogP contribution is -2.40. The summed E-state index contributed by atoms with van der Waals surface area (Å²) in [6, 6.07) is 16.0. The zero-order chi connectivity index (χ0) is 22.8. The quantitative estimate of drug-likeness (QED) is 0.569. The normalized spacial score (nSPS) is 17.6. The zero-order valence-corrected chi connectivity index (χ0v) is 18.6. The summed E-state index contributed by atoms with van der Waals surface area (Å²) in [5, 5.41) is 4.18. The third-order valence-corrected chi connectivity index (χ3v) is 7.14. The number of thiophene rings is 1. The van der Waals surface area contributed by atoms with Crippen molar-refractivity contribution >= 4 is 34.4 Å². The van der Waals surface area contributed by atoms with E-state index in [4.69, 9.17) is 4.74 Å². The van der Waals surface area contributed by atoms with Crippen LogP contribution >= 0.6 is 11.3 Å². The van der Waals surface area contributed by atoms with E-state index in [2.05, 4.69) is 10.3 Å². The fraction of sp³-hybridized carbons (Fsp3) is 0.240. The van der Waals surface area contributed by atoms with Crippen LogP contribution in [0.5, 0.6) is 0 Å². The number of fused-ring (bicyclic) bond motifs is 3. The number of amides is 1. The maximum atomic E-state index is 13.6. The second-order valence-corrected chi connectivity index (χ2v) is 8.99. The third-order valence-electron chi connectivity index (χ3n) is 5.88. The van der Waals surface area contributed by atoms with E-state index in [0.717, 1.165) is 46.1 Å². The average Bonchev–Trinajstić information content (AvgIpc) is 3.17. The smallest absolute Gasteiger partial charge is 0.295 e. The van der Waals surface area contributed by atoms with Crippen molar-refractivity contribution in [1.82, 2.24) is 5.32 Å². The SMILES string of the molecule is O=COC1N=C(c2ccc(F)cc2)c2c(sc3c2CCNC3)N(CCc2ccccc2)C1=O. The fourth-order valence-electron chi connectivity index (χ4n) is 4.29. The van der Waals surface area contributed by atoms with Gasteiger partial charge in [0, 0.05) is 29.1 Å². The first-order valence-corrected chi connectivity index (χ1v) is 11.6. The number of hydrogen-bond donors (Lipinski definition) is 1. The first-order valence-electron chi connectivity index (χ1n) is 10.8. The van der Waals surface area contributed by atoms with E-state index in [9.17, 15) is 14.0 Å². The Morgan fingerprint density at radius 2 is 1.97 bits per heavy atom. The maximum Gasteiger partial charge on any atom is 0.295 e. The molecule has 2 aromatic carbocycles. The third kappa shape index (κ3) is 4.19. The highest BCUT2D eigenvalue weighted by Crippen LogP contribution is 2.41. The van der Waals surface area contributed by atoms with Crippen molar-refractivity contribution in [3.05, 3.63) is 87.5 Å². The van der Waals surface area contributed by atoms with E-state index < -0.39 is 6.23 Å². The monoisotopic (exact) mass is 463 g/mol. The molecule has 3 aromatic rings. The predicted octanol–water partition coefficient (Wildman–Crippen LogP) is 3.46. The Hall–Kier alpha value is -3.36. The lowest BCUT2D eigenvalue weighted by Gasteiger charge is -2.22. The van der Waals surface area contributed by atoms with Crippen molar-refractivity contribution in [3.63, 3.8) is 0 Å². The van der Waals surface area contributed by atoms with Crippen molar-refractivity contribution in [2.75, 3.05) is 18.0 Å². The topological polar surface area (TPSA) is 71.0 Å². The summed E-state index contributed by atoms with van der Waals surface area (Å²) in [7, 11) is 0. The number of hydrogen-bond acceptors (Lipinski definition) is 6. The summed E-state index contributed by atoms with van der Waals surface area (Å²) in [6.45, 7) is 2.22. The number of carbonyl (C=O) groups excluding carboxylic acids is 2. The Bertz CT molecular complexity index is 1210. The van der Waals surface area contributed by atoms with Gasteiger partial charge in [0.05, 0.1) is 5.71 Å². The molecule has 0 saturated heterocycles. The van der Waals surface area contributed by atoms with Gasteiger partial charge in [-0.1, -0.05) is 30.3 Å². The Morgan fingerprint density at radius 3 is 2.73 bits per heavy atom. The highest BCUT2D eigenvalue weighted by molar-refractivity contribution is 7.17.